The molecule has 1 unspecified atom stereocenters. The van der Waals surface area contributed by atoms with Gasteiger partial charge >= 0.3 is 5.97 Å². The van der Waals surface area contributed by atoms with Gasteiger partial charge in [-0.15, -0.1) is 0 Å². The van der Waals surface area contributed by atoms with Crippen LogP contribution in [0, 0.1) is 5.41 Å². The van der Waals surface area contributed by atoms with E-state index in [0.717, 1.165) is 19.3 Å². The Bertz CT molecular complexity index is 321. The Morgan fingerprint density at radius 3 is 2.35 bits per heavy atom. The minimum Gasteiger partial charge on any atom is -0.480 e. The summed E-state index contributed by atoms with van der Waals surface area (Å²) in [6, 6.07) is -0.598. The number of likely N-dealkylation sites (tertiary alicyclic amines) is 1. The zero-order chi connectivity index (χ0) is 12.5. The molecule has 1 saturated carbocycles. The van der Waals surface area contributed by atoms with Crippen LogP contribution in [0.3, 0.4) is 0 Å². The van der Waals surface area contributed by atoms with E-state index in [1.165, 1.54) is 31.1 Å². The Hall–Kier alpha value is -1.06. The van der Waals surface area contributed by atoms with E-state index >= 15 is 0 Å². The van der Waals surface area contributed by atoms with Crippen LogP contribution in [0.1, 0.15) is 51.9 Å². The Morgan fingerprint density at radius 1 is 1.18 bits per heavy atom. The molecule has 1 atom stereocenters. The van der Waals surface area contributed by atoms with Gasteiger partial charge in [0, 0.05) is 13.5 Å². The van der Waals surface area contributed by atoms with E-state index in [2.05, 4.69) is 0 Å². The number of aliphatic carboxylic acids is 1. The summed E-state index contributed by atoms with van der Waals surface area (Å²) in [5, 5.41) is 9.28. The molecule has 2 fully saturated rings. The number of carboxylic acids is 1. The lowest BCUT2D eigenvalue weighted by Crippen LogP contribution is -2.53. The number of hydrogen-bond donors (Lipinski definition) is 1. The van der Waals surface area contributed by atoms with Gasteiger partial charge in [-0.25, -0.2) is 4.79 Å². The van der Waals surface area contributed by atoms with Crippen LogP contribution in [0.25, 0.3) is 0 Å². The number of carbonyl (C=O) groups is 2. The van der Waals surface area contributed by atoms with E-state index in [1.54, 1.807) is 0 Å². The Kier molecular flexibility index (Phi) is 3.40. The fraction of sp³-hybridized carbons (Fsp3) is 0.846. The number of amides is 1. The molecule has 1 heterocycles. The average molecular weight is 239 g/mol. The molecule has 1 spiro atoms. The fourth-order valence-electron chi connectivity index (χ4n) is 3.49. The highest BCUT2D eigenvalue weighted by Crippen LogP contribution is 2.46. The third-order valence-electron chi connectivity index (χ3n) is 4.49. The van der Waals surface area contributed by atoms with E-state index in [4.69, 9.17) is 0 Å². The van der Waals surface area contributed by atoms with Crippen LogP contribution in [0.2, 0.25) is 0 Å². The smallest absolute Gasteiger partial charge is 0.326 e. The lowest BCUT2D eigenvalue weighted by Gasteiger charge is -2.47. The molecule has 4 nitrogen and oxygen atoms in total. The highest BCUT2D eigenvalue weighted by molar-refractivity contribution is 5.82. The summed E-state index contributed by atoms with van der Waals surface area (Å²) in [6.45, 7) is 2.08. The van der Waals surface area contributed by atoms with Crippen molar-refractivity contribution in [2.45, 2.75) is 57.9 Å². The highest BCUT2D eigenvalue weighted by Gasteiger charge is 2.43. The Morgan fingerprint density at radius 2 is 1.82 bits per heavy atom. The average Bonchev–Trinajstić information content (AvgIpc) is 2.29. The second kappa shape index (κ2) is 4.67. The largest absolute Gasteiger partial charge is 0.480 e. The van der Waals surface area contributed by atoms with Crippen LogP contribution in [0.15, 0.2) is 0 Å². The monoisotopic (exact) mass is 239 g/mol. The maximum absolute atomic E-state index is 11.4. The van der Waals surface area contributed by atoms with Crippen LogP contribution < -0.4 is 0 Å². The molecule has 1 aliphatic heterocycles. The van der Waals surface area contributed by atoms with Gasteiger partial charge in [0.05, 0.1) is 0 Å². The summed E-state index contributed by atoms with van der Waals surface area (Å²) in [7, 11) is 0. The van der Waals surface area contributed by atoms with Crippen molar-refractivity contribution >= 4 is 11.9 Å². The third kappa shape index (κ3) is 2.45. The topological polar surface area (TPSA) is 57.6 Å². The van der Waals surface area contributed by atoms with Gasteiger partial charge in [0.1, 0.15) is 6.04 Å². The quantitative estimate of drug-likeness (QED) is 0.761. The molecule has 1 aliphatic carbocycles. The maximum atomic E-state index is 11.4. The first-order chi connectivity index (χ1) is 8.04. The molecule has 17 heavy (non-hydrogen) atoms. The van der Waals surface area contributed by atoms with Gasteiger partial charge in [-0.3, -0.25) is 4.79 Å². The van der Waals surface area contributed by atoms with Crippen LogP contribution in [0.5, 0.6) is 0 Å². The predicted molar refractivity (Wildman–Crippen MR) is 63.6 cm³/mol. The van der Waals surface area contributed by atoms with Crippen molar-refractivity contribution in [3.8, 4) is 0 Å². The van der Waals surface area contributed by atoms with E-state index in [9.17, 15) is 14.7 Å². The SMILES string of the molecule is CC(=O)N1CCC2(CCCCC2)CC1C(=O)O. The van der Waals surface area contributed by atoms with Gasteiger partial charge in [-0.1, -0.05) is 19.3 Å². The molecule has 0 aromatic carbocycles. The first-order valence-corrected chi connectivity index (χ1v) is 6.54. The molecule has 1 amide bonds. The molecule has 96 valence electrons. The van der Waals surface area contributed by atoms with Crippen molar-refractivity contribution in [1.82, 2.24) is 4.90 Å². The zero-order valence-corrected chi connectivity index (χ0v) is 10.4. The molecular weight excluding hydrogens is 218 g/mol. The van der Waals surface area contributed by atoms with Gasteiger partial charge in [0.25, 0.3) is 0 Å². The van der Waals surface area contributed by atoms with Gasteiger partial charge in [0.2, 0.25) is 5.91 Å². The van der Waals surface area contributed by atoms with Crippen molar-refractivity contribution < 1.29 is 14.7 Å². The summed E-state index contributed by atoms with van der Waals surface area (Å²) in [6.07, 6.45) is 7.62. The molecule has 4 heteroatoms. The van der Waals surface area contributed by atoms with E-state index < -0.39 is 12.0 Å². The number of carboxylic acid groups (broad SMARTS) is 1. The first-order valence-electron chi connectivity index (χ1n) is 6.54. The van der Waals surface area contributed by atoms with Gasteiger partial charge in [-0.2, -0.15) is 0 Å². The van der Waals surface area contributed by atoms with Crippen molar-refractivity contribution in [3.05, 3.63) is 0 Å². The summed E-state index contributed by atoms with van der Waals surface area (Å²) in [5.41, 5.74) is 0.202. The molecule has 1 saturated heterocycles. The molecule has 1 N–H and O–H groups in total. The second-order valence-electron chi connectivity index (χ2n) is 5.58. The fourth-order valence-corrected chi connectivity index (χ4v) is 3.49. The second-order valence-corrected chi connectivity index (χ2v) is 5.58. The lowest BCUT2D eigenvalue weighted by molar-refractivity contribution is -0.155. The first kappa shape index (κ1) is 12.4. The number of carbonyl (C=O) groups excluding carboxylic acids is 1. The minimum atomic E-state index is -0.843. The van der Waals surface area contributed by atoms with Crippen molar-refractivity contribution in [3.63, 3.8) is 0 Å². The van der Waals surface area contributed by atoms with E-state index in [0.29, 0.717) is 13.0 Å². The Labute approximate surface area is 102 Å². The molecule has 0 aromatic heterocycles. The predicted octanol–water partition coefficient (Wildman–Crippen LogP) is 2.03. The maximum Gasteiger partial charge on any atom is 0.326 e. The number of nitrogens with zero attached hydrogens (tertiary/aromatic N) is 1. The highest BCUT2D eigenvalue weighted by atomic mass is 16.4. The van der Waals surface area contributed by atoms with E-state index in [-0.39, 0.29) is 11.3 Å². The van der Waals surface area contributed by atoms with Crippen molar-refractivity contribution in [2.24, 2.45) is 5.41 Å². The molecule has 0 bridgehead atoms. The minimum absolute atomic E-state index is 0.108. The summed E-state index contributed by atoms with van der Waals surface area (Å²) < 4.78 is 0. The van der Waals surface area contributed by atoms with Crippen molar-refractivity contribution in [2.75, 3.05) is 6.54 Å². The van der Waals surface area contributed by atoms with Crippen molar-refractivity contribution in [1.29, 1.82) is 0 Å². The standard InChI is InChI=1S/C13H21NO3/c1-10(15)14-8-7-13(5-3-2-4-6-13)9-11(14)12(16)17/h11H,2-9H2,1H3,(H,16,17). The van der Waals surface area contributed by atoms with Crippen LogP contribution >= 0.6 is 0 Å². The Balaban J connectivity index is 2.13. The summed E-state index contributed by atoms with van der Waals surface area (Å²) >= 11 is 0. The zero-order valence-electron chi connectivity index (χ0n) is 10.4. The van der Waals surface area contributed by atoms with Crippen LogP contribution in [-0.2, 0) is 9.59 Å². The molecule has 0 aromatic rings. The summed E-state index contributed by atoms with van der Waals surface area (Å²) in [4.78, 5) is 24.3. The van der Waals surface area contributed by atoms with E-state index in [1.807, 2.05) is 0 Å². The number of piperidine rings is 1. The van der Waals surface area contributed by atoms with Gasteiger partial charge < -0.3 is 10.0 Å². The van der Waals surface area contributed by atoms with Gasteiger partial charge in [-0.05, 0) is 31.1 Å². The normalized spacial score (nSPS) is 28.1. The van der Waals surface area contributed by atoms with Gasteiger partial charge in [0.15, 0.2) is 0 Å². The number of hydrogen-bond acceptors (Lipinski definition) is 2. The van der Waals surface area contributed by atoms with Crippen LogP contribution in [-0.4, -0.2) is 34.5 Å². The molecule has 2 aliphatic rings. The lowest BCUT2D eigenvalue weighted by atomic mass is 9.66. The third-order valence-corrected chi connectivity index (χ3v) is 4.49. The number of rotatable bonds is 1. The van der Waals surface area contributed by atoms with Crippen LogP contribution in [0.4, 0.5) is 0 Å². The molecule has 2 rings (SSSR count). The summed E-state index contributed by atoms with van der Waals surface area (Å²) in [5.74, 6) is -0.951. The molecular formula is C13H21NO3. The molecule has 0 radical (unpaired) electrons.